The molecule has 0 aliphatic rings. The number of aryl methyl sites for hydroxylation is 1. The summed E-state index contributed by atoms with van der Waals surface area (Å²) in [5.41, 5.74) is 2.55. The fraction of sp³-hybridized carbons (Fsp3) is 0.571. The van der Waals surface area contributed by atoms with Gasteiger partial charge in [-0.15, -0.1) is 0 Å². The molecule has 1 aromatic rings. The van der Waals surface area contributed by atoms with Gasteiger partial charge in [0.05, 0.1) is 14.2 Å². The van der Waals surface area contributed by atoms with E-state index in [9.17, 15) is 0 Å². The van der Waals surface area contributed by atoms with Crippen LogP contribution >= 0.6 is 12.6 Å². The van der Waals surface area contributed by atoms with Crippen molar-refractivity contribution in [2.45, 2.75) is 13.3 Å². The van der Waals surface area contributed by atoms with Gasteiger partial charge < -0.3 is 14.4 Å². The zero-order valence-corrected chi connectivity index (χ0v) is 12.6. The van der Waals surface area contributed by atoms with Gasteiger partial charge in [-0.2, -0.15) is 12.6 Å². The van der Waals surface area contributed by atoms with E-state index in [-0.39, 0.29) is 0 Å². The Bertz CT molecular complexity index is 382. The highest BCUT2D eigenvalue weighted by atomic mass is 32.1. The lowest BCUT2D eigenvalue weighted by molar-refractivity contribution is 0.350. The molecule has 0 fully saturated rings. The maximum Gasteiger partial charge on any atom is 0.161 e. The largest absolute Gasteiger partial charge is 0.493 e. The maximum absolute atomic E-state index is 5.34. The number of ether oxygens (including phenoxy) is 2. The molecule has 18 heavy (non-hydrogen) atoms. The molecule has 3 nitrogen and oxygen atoms in total. The predicted octanol–water partition coefficient (Wildman–Crippen LogP) is 2.42. The molecule has 102 valence electrons. The van der Waals surface area contributed by atoms with Crippen molar-refractivity contribution < 1.29 is 9.47 Å². The number of methoxy groups -OCH3 is 2. The van der Waals surface area contributed by atoms with Crippen molar-refractivity contribution in [1.82, 2.24) is 4.90 Å². The summed E-state index contributed by atoms with van der Waals surface area (Å²) in [7, 11) is 5.45. The molecule has 0 bridgehead atoms. The first-order valence-electron chi connectivity index (χ1n) is 6.13. The standard InChI is InChI=1S/C14H23NO2S/c1-11-9-13(16-3)14(17-4)10-12(11)5-6-15(2)7-8-18/h9-10,18H,5-8H2,1-4H3. The average Bonchev–Trinajstić information content (AvgIpc) is 2.37. The van der Waals surface area contributed by atoms with Crippen LogP contribution in [-0.4, -0.2) is 45.0 Å². The van der Waals surface area contributed by atoms with E-state index < -0.39 is 0 Å². The Morgan fingerprint density at radius 2 is 1.72 bits per heavy atom. The minimum absolute atomic E-state index is 0.794. The third-order valence-electron chi connectivity index (χ3n) is 3.09. The van der Waals surface area contributed by atoms with E-state index in [4.69, 9.17) is 9.47 Å². The zero-order valence-electron chi connectivity index (χ0n) is 11.7. The van der Waals surface area contributed by atoms with Crippen molar-refractivity contribution in [2.75, 3.05) is 40.1 Å². The zero-order chi connectivity index (χ0) is 13.5. The summed E-state index contributed by atoms with van der Waals surface area (Å²) in [6.45, 7) is 4.14. The molecular formula is C14H23NO2S. The second kappa shape index (κ2) is 7.54. The van der Waals surface area contributed by atoms with E-state index in [2.05, 4.69) is 37.6 Å². The van der Waals surface area contributed by atoms with Gasteiger partial charge in [-0.25, -0.2) is 0 Å². The molecule has 0 unspecified atom stereocenters. The van der Waals surface area contributed by atoms with E-state index >= 15 is 0 Å². The lowest BCUT2D eigenvalue weighted by atomic mass is 10.0. The summed E-state index contributed by atoms with van der Waals surface area (Å²) in [4.78, 5) is 2.28. The number of hydrogen-bond donors (Lipinski definition) is 1. The minimum atomic E-state index is 0.794. The van der Waals surface area contributed by atoms with Crippen molar-refractivity contribution in [3.8, 4) is 11.5 Å². The third-order valence-corrected chi connectivity index (χ3v) is 3.29. The monoisotopic (exact) mass is 269 g/mol. The van der Waals surface area contributed by atoms with E-state index in [1.54, 1.807) is 14.2 Å². The average molecular weight is 269 g/mol. The molecule has 0 aromatic heterocycles. The van der Waals surface area contributed by atoms with E-state index in [1.165, 1.54) is 11.1 Å². The van der Waals surface area contributed by atoms with Crippen LogP contribution < -0.4 is 9.47 Å². The van der Waals surface area contributed by atoms with E-state index in [1.807, 2.05) is 6.07 Å². The fourth-order valence-corrected chi connectivity index (χ4v) is 2.23. The molecule has 1 rings (SSSR count). The van der Waals surface area contributed by atoms with Crippen LogP contribution in [0.2, 0.25) is 0 Å². The molecule has 0 aliphatic carbocycles. The predicted molar refractivity (Wildman–Crippen MR) is 79.3 cm³/mol. The Labute approximate surface area is 115 Å². The summed E-state index contributed by atoms with van der Waals surface area (Å²) >= 11 is 4.24. The lowest BCUT2D eigenvalue weighted by Crippen LogP contribution is -2.23. The molecule has 0 saturated carbocycles. The van der Waals surface area contributed by atoms with Gasteiger partial charge in [0.2, 0.25) is 0 Å². The van der Waals surface area contributed by atoms with Crippen molar-refractivity contribution in [2.24, 2.45) is 0 Å². The van der Waals surface area contributed by atoms with E-state index in [0.29, 0.717) is 0 Å². The topological polar surface area (TPSA) is 21.7 Å². The van der Waals surface area contributed by atoms with Gasteiger partial charge in [-0.3, -0.25) is 0 Å². The molecule has 0 amide bonds. The van der Waals surface area contributed by atoms with Crippen molar-refractivity contribution in [1.29, 1.82) is 0 Å². The minimum Gasteiger partial charge on any atom is -0.493 e. The van der Waals surface area contributed by atoms with Crippen LogP contribution in [0, 0.1) is 6.92 Å². The second-order valence-corrected chi connectivity index (χ2v) is 4.86. The van der Waals surface area contributed by atoms with Crippen LogP contribution in [0.3, 0.4) is 0 Å². The second-order valence-electron chi connectivity index (χ2n) is 4.41. The number of benzene rings is 1. The first-order valence-corrected chi connectivity index (χ1v) is 6.76. The van der Waals surface area contributed by atoms with Gasteiger partial charge >= 0.3 is 0 Å². The summed E-state index contributed by atoms with van der Waals surface area (Å²) in [6, 6.07) is 4.11. The van der Waals surface area contributed by atoms with Crippen molar-refractivity contribution in [3.63, 3.8) is 0 Å². The highest BCUT2D eigenvalue weighted by molar-refractivity contribution is 7.80. The molecular weight excluding hydrogens is 246 g/mol. The van der Waals surface area contributed by atoms with Crippen LogP contribution in [0.5, 0.6) is 11.5 Å². The summed E-state index contributed by atoms with van der Waals surface area (Å²) in [5, 5.41) is 0. The van der Waals surface area contributed by atoms with Crippen molar-refractivity contribution >= 4 is 12.6 Å². The number of hydrogen-bond acceptors (Lipinski definition) is 4. The number of nitrogens with zero attached hydrogens (tertiary/aromatic N) is 1. The highest BCUT2D eigenvalue weighted by Crippen LogP contribution is 2.30. The molecule has 0 N–H and O–H groups in total. The molecule has 0 radical (unpaired) electrons. The van der Waals surface area contributed by atoms with Gasteiger partial charge in [-0.1, -0.05) is 0 Å². The van der Waals surface area contributed by atoms with Gasteiger partial charge in [0.1, 0.15) is 0 Å². The van der Waals surface area contributed by atoms with Crippen LogP contribution in [0.15, 0.2) is 12.1 Å². The summed E-state index contributed by atoms with van der Waals surface area (Å²) in [5.74, 6) is 2.49. The molecule has 4 heteroatoms. The molecule has 0 saturated heterocycles. The highest BCUT2D eigenvalue weighted by Gasteiger charge is 2.09. The summed E-state index contributed by atoms with van der Waals surface area (Å²) in [6.07, 6.45) is 1.01. The fourth-order valence-electron chi connectivity index (χ4n) is 1.89. The van der Waals surface area contributed by atoms with Gasteiger partial charge in [0.15, 0.2) is 11.5 Å². The number of likely N-dealkylation sites (N-methyl/N-ethyl adjacent to an activating group) is 1. The Morgan fingerprint density at radius 1 is 1.11 bits per heavy atom. The van der Waals surface area contributed by atoms with Gasteiger partial charge in [0.25, 0.3) is 0 Å². The van der Waals surface area contributed by atoms with Gasteiger partial charge in [0, 0.05) is 18.8 Å². The van der Waals surface area contributed by atoms with Crippen LogP contribution in [0.1, 0.15) is 11.1 Å². The Hall–Kier alpha value is -0.870. The lowest BCUT2D eigenvalue weighted by Gasteiger charge is -2.17. The maximum atomic E-state index is 5.34. The molecule has 0 heterocycles. The Balaban J connectivity index is 2.76. The Kier molecular flexibility index (Phi) is 6.36. The smallest absolute Gasteiger partial charge is 0.161 e. The first-order chi connectivity index (χ1) is 8.62. The number of thiol groups is 1. The van der Waals surface area contributed by atoms with Crippen molar-refractivity contribution in [3.05, 3.63) is 23.3 Å². The van der Waals surface area contributed by atoms with Gasteiger partial charge in [-0.05, 0) is 43.7 Å². The van der Waals surface area contributed by atoms with E-state index in [0.717, 1.165) is 36.8 Å². The molecule has 0 aliphatic heterocycles. The summed E-state index contributed by atoms with van der Waals surface area (Å²) < 4.78 is 10.6. The SMILES string of the molecule is COc1cc(C)c(CCN(C)CCS)cc1OC. The quantitative estimate of drug-likeness (QED) is 0.768. The third kappa shape index (κ3) is 4.10. The Morgan fingerprint density at radius 3 is 2.28 bits per heavy atom. The normalized spacial score (nSPS) is 10.8. The first kappa shape index (κ1) is 15.2. The van der Waals surface area contributed by atoms with Crippen LogP contribution in [0.25, 0.3) is 0 Å². The molecule has 0 atom stereocenters. The van der Waals surface area contributed by atoms with Crippen LogP contribution in [-0.2, 0) is 6.42 Å². The molecule has 0 spiro atoms. The van der Waals surface area contributed by atoms with Crippen LogP contribution in [0.4, 0.5) is 0 Å². The molecule has 1 aromatic carbocycles. The number of rotatable bonds is 7.